The Morgan fingerprint density at radius 2 is 2.11 bits per heavy atom. The van der Waals surface area contributed by atoms with Crippen molar-refractivity contribution >= 4 is 5.78 Å². The highest BCUT2D eigenvalue weighted by Gasteiger charge is 2.17. The first-order valence-electron chi connectivity index (χ1n) is 6.50. The fraction of sp³-hybridized carbons (Fsp3) is 0.500. The van der Waals surface area contributed by atoms with Gasteiger partial charge in [0.05, 0.1) is 13.2 Å². The third-order valence-corrected chi connectivity index (χ3v) is 3.02. The van der Waals surface area contributed by atoms with Crippen LogP contribution in [0.15, 0.2) is 18.2 Å². The van der Waals surface area contributed by atoms with Gasteiger partial charge in [-0.15, -0.1) is 0 Å². The second-order valence-corrected chi connectivity index (χ2v) is 4.49. The van der Waals surface area contributed by atoms with Crippen molar-refractivity contribution in [3.05, 3.63) is 23.8 Å². The van der Waals surface area contributed by atoms with Crippen LogP contribution in [0.1, 0.15) is 23.7 Å². The lowest BCUT2D eigenvalue weighted by Crippen LogP contribution is -2.33. The quantitative estimate of drug-likeness (QED) is 0.753. The van der Waals surface area contributed by atoms with Crippen LogP contribution in [0.4, 0.5) is 0 Å². The van der Waals surface area contributed by atoms with Crippen LogP contribution in [0.3, 0.4) is 0 Å². The van der Waals surface area contributed by atoms with Gasteiger partial charge in [-0.2, -0.15) is 0 Å². The molecule has 0 saturated heterocycles. The van der Waals surface area contributed by atoms with Crippen LogP contribution in [0, 0.1) is 0 Å². The highest BCUT2D eigenvalue weighted by Crippen LogP contribution is 2.32. The lowest BCUT2D eigenvalue weighted by atomic mass is 10.1. The summed E-state index contributed by atoms with van der Waals surface area (Å²) < 4.78 is 10.5. The van der Waals surface area contributed by atoms with Crippen molar-refractivity contribution in [2.24, 2.45) is 0 Å². The van der Waals surface area contributed by atoms with Gasteiger partial charge >= 0.3 is 0 Å². The lowest BCUT2D eigenvalue weighted by Gasteiger charge is -2.19. The Morgan fingerprint density at radius 3 is 2.84 bits per heavy atom. The fourth-order valence-electron chi connectivity index (χ4n) is 2.09. The zero-order valence-electron chi connectivity index (χ0n) is 11.1. The first-order valence-corrected chi connectivity index (χ1v) is 6.50. The van der Waals surface area contributed by atoms with E-state index in [1.807, 2.05) is 4.90 Å². The van der Waals surface area contributed by atoms with E-state index >= 15 is 0 Å². The van der Waals surface area contributed by atoms with E-state index in [-0.39, 0.29) is 19.2 Å². The average molecular weight is 265 g/mol. The van der Waals surface area contributed by atoms with Gasteiger partial charge in [-0.25, -0.2) is 0 Å². The number of benzene rings is 1. The number of ether oxygens (including phenoxy) is 2. The summed E-state index contributed by atoms with van der Waals surface area (Å²) in [4.78, 5) is 14.1. The number of nitrogens with zero attached hydrogens (tertiary/aromatic N) is 1. The molecule has 0 saturated carbocycles. The van der Waals surface area contributed by atoms with Crippen molar-refractivity contribution in [1.29, 1.82) is 0 Å². The largest absolute Gasteiger partial charge is 0.454 e. The number of hydrogen-bond acceptors (Lipinski definition) is 5. The van der Waals surface area contributed by atoms with Crippen LogP contribution in [-0.4, -0.2) is 48.8 Å². The van der Waals surface area contributed by atoms with Gasteiger partial charge in [-0.1, -0.05) is 6.92 Å². The molecule has 1 aliphatic rings. The Morgan fingerprint density at radius 1 is 1.32 bits per heavy atom. The first-order chi connectivity index (χ1) is 9.24. The van der Waals surface area contributed by atoms with Crippen molar-refractivity contribution in [3.63, 3.8) is 0 Å². The normalized spacial score (nSPS) is 13.0. The summed E-state index contributed by atoms with van der Waals surface area (Å²) in [7, 11) is 0. The van der Waals surface area contributed by atoms with Gasteiger partial charge in [0.25, 0.3) is 0 Å². The van der Waals surface area contributed by atoms with Gasteiger partial charge in [0, 0.05) is 12.1 Å². The molecule has 0 radical (unpaired) electrons. The number of Topliss-reactive ketones (excluding diaryl/α,β-unsaturated/α-hetero) is 1. The standard InChI is InChI=1S/C14H19NO4/c1-2-5-15(6-7-16)9-12(17)11-3-4-13-14(8-11)19-10-18-13/h3-4,8,16H,2,5-7,9-10H2,1H3. The highest BCUT2D eigenvalue weighted by molar-refractivity contribution is 5.98. The molecule has 0 aromatic heterocycles. The molecule has 19 heavy (non-hydrogen) atoms. The summed E-state index contributed by atoms with van der Waals surface area (Å²) in [5, 5.41) is 8.98. The number of carbonyl (C=O) groups is 1. The minimum Gasteiger partial charge on any atom is -0.454 e. The molecule has 0 bridgehead atoms. The Bertz CT molecular complexity index is 441. The number of carbonyl (C=O) groups excluding carboxylic acids is 1. The van der Waals surface area contributed by atoms with Gasteiger partial charge < -0.3 is 14.6 Å². The van der Waals surface area contributed by atoms with E-state index in [1.165, 1.54) is 0 Å². The SMILES string of the molecule is CCCN(CCO)CC(=O)c1ccc2c(c1)OCO2. The summed E-state index contributed by atoms with van der Waals surface area (Å²) in [6.45, 7) is 3.96. The molecule has 5 nitrogen and oxygen atoms in total. The van der Waals surface area contributed by atoms with Crippen LogP contribution >= 0.6 is 0 Å². The summed E-state index contributed by atoms with van der Waals surface area (Å²) in [5.41, 5.74) is 0.614. The lowest BCUT2D eigenvalue weighted by molar-refractivity contribution is 0.0914. The minimum absolute atomic E-state index is 0.0280. The number of hydrogen-bond donors (Lipinski definition) is 1. The Kier molecular flexibility index (Phi) is 4.76. The highest BCUT2D eigenvalue weighted by atomic mass is 16.7. The minimum atomic E-state index is 0.0280. The molecule has 1 N–H and O–H groups in total. The van der Waals surface area contributed by atoms with E-state index in [2.05, 4.69) is 6.92 Å². The molecule has 0 amide bonds. The Labute approximate surface area is 112 Å². The van der Waals surface area contributed by atoms with E-state index < -0.39 is 0 Å². The zero-order chi connectivity index (χ0) is 13.7. The molecule has 1 aromatic rings. The maximum absolute atomic E-state index is 12.2. The van der Waals surface area contributed by atoms with Crippen molar-refractivity contribution in [2.45, 2.75) is 13.3 Å². The molecule has 0 fully saturated rings. The second-order valence-electron chi connectivity index (χ2n) is 4.49. The molecular formula is C14H19NO4. The smallest absolute Gasteiger partial charge is 0.231 e. The predicted octanol–water partition coefficient (Wildman–Crippen LogP) is 1.30. The third-order valence-electron chi connectivity index (χ3n) is 3.02. The maximum atomic E-state index is 12.2. The van der Waals surface area contributed by atoms with E-state index in [0.29, 0.717) is 30.2 Å². The molecule has 0 atom stereocenters. The Hall–Kier alpha value is -1.59. The molecule has 1 aromatic carbocycles. The van der Waals surface area contributed by atoms with E-state index in [4.69, 9.17) is 14.6 Å². The third kappa shape index (κ3) is 3.45. The first kappa shape index (κ1) is 13.8. The molecule has 5 heteroatoms. The molecule has 1 heterocycles. The number of fused-ring (bicyclic) bond motifs is 1. The Balaban J connectivity index is 2.02. The summed E-state index contributed by atoms with van der Waals surface area (Å²) in [6, 6.07) is 5.22. The van der Waals surface area contributed by atoms with Crippen molar-refractivity contribution in [1.82, 2.24) is 4.90 Å². The maximum Gasteiger partial charge on any atom is 0.231 e. The van der Waals surface area contributed by atoms with Gasteiger partial charge in [0.2, 0.25) is 6.79 Å². The fourth-order valence-corrected chi connectivity index (χ4v) is 2.09. The summed E-state index contributed by atoms with van der Waals surface area (Å²) >= 11 is 0. The second kappa shape index (κ2) is 6.54. The topological polar surface area (TPSA) is 59.0 Å². The van der Waals surface area contributed by atoms with Gasteiger partial charge in [0.15, 0.2) is 17.3 Å². The number of ketones is 1. The van der Waals surface area contributed by atoms with Gasteiger partial charge in [-0.05, 0) is 31.2 Å². The monoisotopic (exact) mass is 265 g/mol. The summed E-state index contributed by atoms with van der Waals surface area (Å²) in [5.74, 6) is 1.33. The summed E-state index contributed by atoms with van der Waals surface area (Å²) in [6.07, 6.45) is 0.953. The van der Waals surface area contributed by atoms with E-state index in [0.717, 1.165) is 13.0 Å². The van der Waals surface area contributed by atoms with Crippen LogP contribution in [0.2, 0.25) is 0 Å². The van der Waals surface area contributed by atoms with E-state index in [1.54, 1.807) is 18.2 Å². The number of aliphatic hydroxyl groups is 1. The average Bonchev–Trinajstić information content (AvgIpc) is 2.86. The van der Waals surface area contributed by atoms with Crippen molar-refractivity contribution in [2.75, 3.05) is 33.0 Å². The molecule has 0 spiro atoms. The number of rotatable bonds is 7. The van der Waals surface area contributed by atoms with E-state index in [9.17, 15) is 4.79 Å². The molecule has 0 aliphatic carbocycles. The van der Waals surface area contributed by atoms with Crippen LogP contribution in [0.25, 0.3) is 0 Å². The van der Waals surface area contributed by atoms with Crippen molar-refractivity contribution < 1.29 is 19.4 Å². The number of aliphatic hydroxyl groups excluding tert-OH is 1. The van der Waals surface area contributed by atoms with Crippen LogP contribution < -0.4 is 9.47 Å². The molecule has 1 aliphatic heterocycles. The molecule has 104 valence electrons. The van der Waals surface area contributed by atoms with Crippen molar-refractivity contribution in [3.8, 4) is 11.5 Å². The zero-order valence-corrected chi connectivity index (χ0v) is 11.1. The van der Waals surface area contributed by atoms with Gasteiger partial charge in [0.1, 0.15) is 0 Å². The molecular weight excluding hydrogens is 246 g/mol. The van der Waals surface area contributed by atoms with Crippen LogP contribution in [-0.2, 0) is 0 Å². The predicted molar refractivity (Wildman–Crippen MR) is 70.7 cm³/mol. The molecule has 0 unspecified atom stereocenters. The van der Waals surface area contributed by atoms with Crippen LogP contribution in [0.5, 0.6) is 11.5 Å². The molecule has 2 rings (SSSR count). The van der Waals surface area contributed by atoms with Gasteiger partial charge in [-0.3, -0.25) is 9.69 Å².